The van der Waals surface area contributed by atoms with Crippen molar-refractivity contribution in [2.24, 2.45) is 0 Å². The quantitative estimate of drug-likeness (QED) is 0.265. The third-order valence-corrected chi connectivity index (χ3v) is 11.3. The zero-order valence-electron chi connectivity index (χ0n) is 22.8. The zero-order valence-corrected chi connectivity index (χ0v) is 23.8. The predicted octanol–water partition coefficient (Wildman–Crippen LogP) is 2.62. The van der Waals surface area contributed by atoms with Gasteiger partial charge in [0.1, 0.15) is 0 Å². The van der Waals surface area contributed by atoms with E-state index in [0.29, 0.717) is 11.4 Å². The molecule has 9 nitrogen and oxygen atoms in total. The molecule has 10 heteroatoms. The van der Waals surface area contributed by atoms with E-state index in [0.717, 1.165) is 43.5 Å². The summed E-state index contributed by atoms with van der Waals surface area (Å²) in [5.41, 5.74) is 4.78. The van der Waals surface area contributed by atoms with Crippen molar-refractivity contribution in [1.29, 1.82) is 0 Å². The number of nitrogens with zero attached hydrogens (tertiary/aromatic N) is 9. The minimum Gasteiger partial charge on any atom is -0.265 e. The molecule has 0 fully saturated rings. The fourth-order valence-electron chi connectivity index (χ4n) is 5.12. The highest BCUT2D eigenvalue weighted by Gasteiger charge is 2.48. The first-order chi connectivity index (χ1) is 21.3. The van der Waals surface area contributed by atoms with Gasteiger partial charge in [-0.15, -0.1) is 0 Å². The maximum Gasteiger partial charge on any atom is 0.251 e. The highest BCUT2D eigenvalue weighted by Crippen LogP contribution is 2.18. The number of pyridine rings is 3. The molecule has 0 aliphatic rings. The summed E-state index contributed by atoms with van der Waals surface area (Å²) in [6, 6.07) is 21.7. The Morgan fingerprint density at radius 1 is 0.349 bits per heavy atom. The fourth-order valence-corrected chi connectivity index (χ4v) is 9.07. The van der Waals surface area contributed by atoms with Crippen molar-refractivity contribution in [2.45, 2.75) is 0 Å². The van der Waals surface area contributed by atoms with Crippen LogP contribution in [0.25, 0.3) is 33.8 Å². The third kappa shape index (κ3) is 4.96. The fraction of sp³-hybridized carbons (Fsp3) is 0. The van der Waals surface area contributed by atoms with Crippen molar-refractivity contribution in [1.82, 2.24) is 44.9 Å². The molecule has 0 aliphatic heterocycles. The first kappa shape index (κ1) is 26.1. The van der Waals surface area contributed by atoms with Crippen molar-refractivity contribution in [2.75, 3.05) is 0 Å². The Labute approximate surface area is 248 Å². The Balaban J connectivity index is 1.56. The third-order valence-electron chi connectivity index (χ3n) is 7.13. The van der Waals surface area contributed by atoms with Gasteiger partial charge in [-0.05, 0) is 35.5 Å². The van der Waals surface area contributed by atoms with Crippen LogP contribution in [0.3, 0.4) is 0 Å². The molecule has 43 heavy (non-hydrogen) atoms. The molecule has 204 valence electrons. The van der Waals surface area contributed by atoms with E-state index in [2.05, 4.69) is 24.9 Å². The minimum absolute atomic E-state index is 0.690. The normalized spacial score (nSPS) is 11.3. The highest BCUT2D eigenvalue weighted by molar-refractivity contribution is 7.18. The lowest BCUT2D eigenvalue weighted by molar-refractivity contribution is 1.19. The van der Waals surface area contributed by atoms with Gasteiger partial charge in [0.25, 0.3) is 8.07 Å². The summed E-state index contributed by atoms with van der Waals surface area (Å²) in [6.45, 7) is 0. The summed E-state index contributed by atoms with van der Waals surface area (Å²) in [4.78, 5) is 42.9. The number of hydrogen-bond donors (Lipinski definition) is 0. The number of hydrogen-bond acceptors (Lipinski definition) is 9. The van der Waals surface area contributed by atoms with E-state index in [-0.39, 0.29) is 0 Å². The number of rotatable bonds is 7. The van der Waals surface area contributed by atoms with Gasteiger partial charge in [-0.1, -0.05) is 36.4 Å². The van der Waals surface area contributed by atoms with Crippen LogP contribution in [0.5, 0.6) is 0 Å². The van der Waals surface area contributed by atoms with Gasteiger partial charge < -0.3 is 0 Å². The molecule has 0 radical (unpaired) electrons. The van der Waals surface area contributed by atoms with E-state index in [4.69, 9.17) is 19.9 Å². The SMILES string of the molecule is c1ccc(-c2cncc([Si](c3cccnc3)(c3cncc(-c4cccnc4)n3)c3cncc(-c4cccnc4)n3)n2)cc1. The van der Waals surface area contributed by atoms with Gasteiger partial charge in [0.05, 0.1) is 51.6 Å². The van der Waals surface area contributed by atoms with Gasteiger partial charge in [-0.3, -0.25) is 44.9 Å². The standard InChI is InChI=1S/C33H23N9Si/c1-2-7-24(8-3-1)28-18-37-21-31(40-28)43(27-11-6-14-36-17-27,32-22-38-19-29(41-32)25-9-4-12-34-15-25)33-23-39-20-30(42-33)26-10-5-13-35-16-26/h1-23H. The summed E-state index contributed by atoms with van der Waals surface area (Å²) in [6.07, 6.45) is 21.3. The molecule has 0 saturated carbocycles. The van der Waals surface area contributed by atoms with Gasteiger partial charge in [0.15, 0.2) is 0 Å². The summed E-state index contributed by atoms with van der Waals surface area (Å²) >= 11 is 0. The van der Waals surface area contributed by atoms with E-state index in [1.165, 1.54) is 0 Å². The molecule has 6 heterocycles. The van der Waals surface area contributed by atoms with Crippen LogP contribution in [-0.4, -0.2) is 52.9 Å². The lowest BCUT2D eigenvalue weighted by Crippen LogP contribution is -2.77. The number of aromatic nitrogens is 9. The molecule has 0 N–H and O–H groups in total. The molecular weight excluding hydrogens is 551 g/mol. The van der Waals surface area contributed by atoms with Gasteiger partial charge in [-0.25, -0.2) is 0 Å². The van der Waals surface area contributed by atoms with Crippen LogP contribution in [0.1, 0.15) is 0 Å². The maximum atomic E-state index is 5.26. The van der Waals surface area contributed by atoms with E-state index in [9.17, 15) is 0 Å². The van der Waals surface area contributed by atoms with Crippen LogP contribution in [0.15, 0.2) is 141 Å². The van der Waals surface area contributed by atoms with E-state index in [1.807, 2.05) is 79.1 Å². The lowest BCUT2D eigenvalue weighted by atomic mass is 10.2. The Bertz CT molecular complexity index is 1780. The van der Waals surface area contributed by atoms with Crippen molar-refractivity contribution < 1.29 is 0 Å². The summed E-state index contributed by atoms with van der Waals surface area (Å²) in [5.74, 6) is 0. The van der Waals surface area contributed by atoms with E-state index in [1.54, 1.807) is 62.0 Å². The molecule has 0 unspecified atom stereocenters. The highest BCUT2D eigenvalue weighted by atomic mass is 28.3. The van der Waals surface area contributed by atoms with Crippen LogP contribution >= 0.6 is 0 Å². The Morgan fingerprint density at radius 3 is 1.23 bits per heavy atom. The lowest BCUT2D eigenvalue weighted by Gasteiger charge is -2.30. The molecule has 7 aromatic rings. The maximum absolute atomic E-state index is 5.26. The smallest absolute Gasteiger partial charge is 0.251 e. The summed E-state index contributed by atoms with van der Waals surface area (Å²) in [7, 11) is -3.42. The van der Waals surface area contributed by atoms with Crippen molar-refractivity contribution in [3.05, 3.63) is 141 Å². The Morgan fingerprint density at radius 2 is 0.791 bits per heavy atom. The van der Waals surface area contributed by atoms with E-state index < -0.39 is 8.07 Å². The van der Waals surface area contributed by atoms with E-state index >= 15 is 0 Å². The molecule has 0 atom stereocenters. The van der Waals surface area contributed by atoms with Crippen LogP contribution in [-0.2, 0) is 0 Å². The second-order valence-electron chi connectivity index (χ2n) is 9.71. The van der Waals surface area contributed by atoms with Gasteiger partial charge >= 0.3 is 0 Å². The molecule has 7 rings (SSSR count). The molecule has 6 aromatic heterocycles. The van der Waals surface area contributed by atoms with Crippen LogP contribution < -0.4 is 21.1 Å². The summed E-state index contributed by atoms with van der Waals surface area (Å²) < 4.78 is 0. The van der Waals surface area contributed by atoms with Gasteiger partial charge in [0, 0.05) is 72.5 Å². The molecule has 0 bridgehead atoms. The van der Waals surface area contributed by atoms with Crippen molar-refractivity contribution in [3.63, 3.8) is 0 Å². The minimum atomic E-state index is -3.42. The first-order valence-corrected chi connectivity index (χ1v) is 15.6. The largest absolute Gasteiger partial charge is 0.265 e. The zero-order chi connectivity index (χ0) is 28.9. The molecule has 0 amide bonds. The average Bonchev–Trinajstić information content (AvgIpc) is 3.11. The second kappa shape index (κ2) is 11.5. The molecular formula is C33H23N9Si. The van der Waals surface area contributed by atoms with Crippen molar-refractivity contribution in [3.8, 4) is 33.8 Å². The first-order valence-electron chi connectivity index (χ1n) is 13.6. The average molecular weight is 574 g/mol. The predicted molar refractivity (Wildman–Crippen MR) is 167 cm³/mol. The van der Waals surface area contributed by atoms with Gasteiger partial charge in [0.2, 0.25) is 0 Å². The molecule has 1 aromatic carbocycles. The van der Waals surface area contributed by atoms with Gasteiger partial charge in [-0.2, -0.15) is 0 Å². The second-order valence-corrected chi connectivity index (χ2v) is 13.3. The monoisotopic (exact) mass is 573 g/mol. The Hall–Kier alpha value is -5.87. The van der Waals surface area contributed by atoms with Crippen LogP contribution in [0.2, 0.25) is 0 Å². The molecule has 0 aliphatic carbocycles. The topological polar surface area (TPSA) is 116 Å². The molecule has 0 spiro atoms. The van der Waals surface area contributed by atoms with Crippen LogP contribution in [0, 0.1) is 0 Å². The molecule has 0 saturated heterocycles. The number of benzene rings is 1. The van der Waals surface area contributed by atoms with Crippen molar-refractivity contribution >= 4 is 29.2 Å². The summed E-state index contributed by atoms with van der Waals surface area (Å²) in [5, 5.41) is 3.10. The Kier molecular flexibility index (Phi) is 7.00. The van der Waals surface area contributed by atoms with Crippen LogP contribution in [0.4, 0.5) is 0 Å².